The molecule has 0 unspecified atom stereocenters. The number of thioether (sulfide) groups is 1. The van der Waals surface area contributed by atoms with Crippen LogP contribution in [0.2, 0.25) is 0 Å². The predicted octanol–water partition coefficient (Wildman–Crippen LogP) is 0.980. The lowest BCUT2D eigenvalue weighted by atomic mass is 10.3. The fourth-order valence-electron chi connectivity index (χ4n) is 1.26. The Labute approximate surface area is 109 Å². The average molecular weight is 269 g/mol. The summed E-state index contributed by atoms with van der Waals surface area (Å²) in [6.45, 7) is 5.02. The van der Waals surface area contributed by atoms with Crippen LogP contribution in [0.5, 0.6) is 0 Å². The second-order valence-corrected chi connectivity index (χ2v) is 4.69. The number of anilines is 1. The molecule has 1 atom stereocenters. The van der Waals surface area contributed by atoms with E-state index in [9.17, 15) is 9.59 Å². The number of ketones is 1. The van der Waals surface area contributed by atoms with Crippen LogP contribution >= 0.6 is 11.8 Å². The molecule has 0 saturated carbocycles. The first kappa shape index (κ1) is 14.4. The zero-order valence-electron chi connectivity index (χ0n) is 10.5. The summed E-state index contributed by atoms with van der Waals surface area (Å²) in [4.78, 5) is 30.9. The van der Waals surface area contributed by atoms with Crippen LogP contribution in [0.3, 0.4) is 0 Å². The molecule has 0 aromatic carbocycles. The molecule has 0 saturated heterocycles. The lowest BCUT2D eigenvalue weighted by Crippen LogP contribution is -2.27. The Kier molecular flexibility index (Phi) is 5.08. The Morgan fingerprint density at radius 1 is 1.50 bits per heavy atom. The Hall–Kier alpha value is -1.63. The van der Waals surface area contributed by atoms with Crippen LogP contribution in [0.4, 0.5) is 5.95 Å². The van der Waals surface area contributed by atoms with E-state index in [-0.39, 0.29) is 18.3 Å². The van der Waals surface area contributed by atoms with Gasteiger partial charge in [0, 0.05) is 5.69 Å². The van der Waals surface area contributed by atoms with Gasteiger partial charge in [-0.1, -0.05) is 11.8 Å². The monoisotopic (exact) mass is 269 g/mol. The molecule has 0 bridgehead atoms. The van der Waals surface area contributed by atoms with Crippen LogP contribution in [-0.2, 0) is 14.3 Å². The highest BCUT2D eigenvalue weighted by molar-refractivity contribution is 8.01. The first-order chi connectivity index (χ1) is 8.43. The van der Waals surface area contributed by atoms with Crippen molar-refractivity contribution < 1.29 is 14.3 Å². The van der Waals surface area contributed by atoms with Gasteiger partial charge in [0.2, 0.25) is 5.95 Å². The molecule has 0 amide bonds. The van der Waals surface area contributed by atoms with Crippen LogP contribution in [0.15, 0.2) is 11.1 Å². The van der Waals surface area contributed by atoms with Gasteiger partial charge in [0.15, 0.2) is 11.0 Å². The number of carbonyl (C=O) groups excluding carboxylic acids is 2. The van der Waals surface area contributed by atoms with Gasteiger partial charge < -0.3 is 10.5 Å². The smallest absolute Gasteiger partial charge is 0.327 e. The molecule has 0 aliphatic rings. The number of nitrogens with zero attached hydrogens (tertiary/aromatic N) is 2. The number of hydrogen-bond donors (Lipinski definition) is 1. The molecule has 7 heteroatoms. The van der Waals surface area contributed by atoms with Crippen molar-refractivity contribution in [3.05, 3.63) is 11.8 Å². The number of rotatable bonds is 5. The van der Waals surface area contributed by atoms with E-state index in [1.54, 1.807) is 19.9 Å². The van der Waals surface area contributed by atoms with Crippen LogP contribution in [0.25, 0.3) is 0 Å². The SMILES string of the molecule is CCOC(=O)[C@@H](Sc1cc(C)nc(N)n1)C(C)=O. The highest BCUT2D eigenvalue weighted by atomic mass is 32.2. The maximum atomic E-state index is 11.6. The number of Topliss-reactive ketones (excluding diaryl/α,β-unsaturated/α-hetero) is 1. The fourth-order valence-corrected chi connectivity index (χ4v) is 2.21. The van der Waals surface area contributed by atoms with Gasteiger partial charge in [0.1, 0.15) is 5.03 Å². The summed E-state index contributed by atoms with van der Waals surface area (Å²) in [5.41, 5.74) is 6.19. The van der Waals surface area contributed by atoms with Crippen molar-refractivity contribution in [1.82, 2.24) is 9.97 Å². The van der Waals surface area contributed by atoms with E-state index in [0.717, 1.165) is 11.8 Å². The quantitative estimate of drug-likeness (QED) is 0.368. The zero-order chi connectivity index (χ0) is 13.7. The average Bonchev–Trinajstić information content (AvgIpc) is 2.24. The van der Waals surface area contributed by atoms with Crippen LogP contribution in [0.1, 0.15) is 19.5 Å². The van der Waals surface area contributed by atoms with Crippen LogP contribution in [0, 0.1) is 6.92 Å². The standard InChI is InChI=1S/C11H15N3O3S/c1-4-17-10(16)9(7(3)15)18-8-5-6(2)13-11(12)14-8/h5,9H,4H2,1-3H3,(H2,12,13,14)/t9-/m0/s1. The van der Waals surface area contributed by atoms with Crippen molar-refractivity contribution in [2.24, 2.45) is 0 Å². The molecule has 0 spiro atoms. The summed E-state index contributed by atoms with van der Waals surface area (Å²) in [5, 5.41) is -0.438. The Morgan fingerprint density at radius 3 is 2.67 bits per heavy atom. The fraction of sp³-hybridized carbons (Fsp3) is 0.455. The van der Waals surface area contributed by atoms with Gasteiger partial charge in [-0.2, -0.15) is 0 Å². The first-order valence-electron chi connectivity index (χ1n) is 5.39. The highest BCUT2D eigenvalue weighted by Crippen LogP contribution is 2.24. The lowest BCUT2D eigenvalue weighted by Gasteiger charge is -2.11. The Bertz CT molecular complexity index is 445. The number of ether oxygens (including phenoxy) is 1. The lowest BCUT2D eigenvalue weighted by molar-refractivity contribution is -0.144. The van der Waals surface area contributed by atoms with Crippen molar-refractivity contribution in [2.45, 2.75) is 31.0 Å². The van der Waals surface area contributed by atoms with E-state index in [4.69, 9.17) is 10.5 Å². The minimum Gasteiger partial charge on any atom is -0.465 e. The summed E-state index contributed by atoms with van der Waals surface area (Å²) in [6.07, 6.45) is 0. The maximum Gasteiger partial charge on any atom is 0.327 e. The number of aromatic nitrogens is 2. The third-order valence-electron chi connectivity index (χ3n) is 1.96. The minimum absolute atomic E-state index is 0.115. The molecule has 0 fully saturated rings. The van der Waals surface area contributed by atoms with Gasteiger partial charge in [-0.15, -0.1) is 0 Å². The van der Waals surface area contributed by atoms with Crippen LogP contribution in [-0.4, -0.2) is 33.6 Å². The molecule has 0 radical (unpaired) electrons. The van der Waals surface area contributed by atoms with Gasteiger partial charge in [-0.3, -0.25) is 9.59 Å². The van der Waals surface area contributed by atoms with Crippen molar-refractivity contribution in [2.75, 3.05) is 12.3 Å². The van der Waals surface area contributed by atoms with E-state index in [1.165, 1.54) is 6.92 Å². The molecule has 98 valence electrons. The van der Waals surface area contributed by atoms with E-state index in [1.807, 2.05) is 0 Å². The number of aryl methyl sites for hydroxylation is 1. The van der Waals surface area contributed by atoms with Crippen LogP contribution < -0.4 is 5.73 Å². The molecule has 1 aromatic rings. The van der Waals surface area contributed by atoms with Crippen molar-refractivity contribution in [1.29, 1.82) is 0 Å². The second kappa shape index (κ2) is 6.34. The zero-order valence-corrected chi connectivity index (χ0v) is 11.3. The van der Waals surface area contributed by atoms with Gasteiger partial charge in [-0.25, -0.2) is 9.97 Å². The maximum absolute atomic E-state index is 11.6. The van der Waals surface area contributed by atoms with Gasteiger partial charge in [0.25, 0.3) is 0 Å². The van der Waals surface area contributed by atoms with Gasteiger partial charge in [-0.05, 0) is 26.8 Å². The van der Waals surface area contributed by atoms with E-state index < -0.39 is 11.2 Å². The third kappa shape index (κ3) is 3.99. The summed E-state index contributed by atoms with van der Waals surface area (Å²) in [7, 11) is 0. The third-order valence-corrected chi connectivity index (χ3v) is 3.17. The van der Waals surface area contributed by atoms with Crippen molar-refractivity contribution >= 4 is 29.5 Å². The number of esters is 1. The number of nitrogens with two attached hydrogens (primary N) is 1. The Morgan fingerprint density at radius 2 is 2.17 bits per heavy atom. The van der Waals surface area contributed by atoms with Crippen molar-refractivity contribution in [3.63, 3.8) is 0 Å². The first-order valence-corrected chi connectivity index (χ1v) is 6.27. The highest BCUT2D eigenvalue weighted by Gasteiger charge is 2.26. The molecule has 2 N–H and O–H groups in total. The molecule has 1 rings (SSSR count). The predicted molar refractivity (Wildman–Crippen MR) is 68.1 cm³/mol. The number of hydrogen-bond acceptors (Lipinski definition) is 7. The molecular weight excluding hydrogens is 254 g/mol. The Balaban J connectivity index is 2.89. The van der Waals surface area contributed by atoms with Crippen molar-refractivity contribution in [3.8, 4) is 0 Å². The summed E-state index contributed by atoms with van der Waals surface area (Å²) < 4.78 is 4.84. The molecule has 18 heavy (non-hydrogen) atoms. The minimum atomic E-state index is -0.918. The molecule has 1 heterocycles. The second-order valence-electron chi connectivity index (χ2n) is 3.57. The largest absolute Gasteiger partial charge is 0.465 e. The summed E-state index contributed by atoms with van der Waals surface area (Å²) in [5.74, 6) is -0.734. The van der Waals surface area contributed by atoms with Gasteiger partial charge >= 0.3 is 5.97 Å². The molecule has 6 nitrogen and oxygen atoms in total. The number of carbonyl (C=O) groups is 2. The van der Waals surface area contributed by atoms with E-state index in [2.05, 4.69) is 9.97 Å². The summed E-state index contributed by atoms with van der Waals surface area (Å²) >= 11 is 1.02. The number of nitrogen functional groups attached to an aromatic ring is 1. The van der Waals surface area contributed by atoms with E-state index >= 15 is 0 Å². The van der Waals surface area contributed by atoms with Gasteiger partial charge in [0.05, 0.1) is 6.61 Å². The summed E-state index contributed by atoms with van der Waals surface area (Å²) in [6, 6.07) is 1.66. The normalized spacial score (nSPS) is 11.9. The molecule has 0 aliphatic heterocycles. The molecule has 0 aliphatic carbocycles. The topological polar surface area (TPSA) is 95.2 Å². The van der Waals surface area contributed by atoms with E-state index in [0.29, 0.717) is 10.7 Å². The molecule has 1 aromatic heterocycles. The molecular formula is C11H15N3O3S.